The van der Waals surface area contributed by atoms with Crippen LogP contribution in [0.3, 0.4) is 0 Å². The number of ether oxygens (including phenoxy) is 3. The number of hydrogen-bond donors (Lipinski definition) is 0. The van der Waals surface area contributed by atoms with Gasteiger partial charge in [0.2, 0.25) is 0 Å². The molecule has 2 atom stereocenters. The number of carbonyl (C=O) groups is 1. The van der Waals surface area contributed by atoms with Gasteiger partial charge in [0.25, 0.3) is 5.91 Å². The average Bonchev–Trinajstić information content (AvgIpc) is 2.79. The Balaban J connectivity index is 2.53. The first kappa shape index (κ1) is 26.7. The quantitative estimate of drug-likeness (QED) is 0.273. The van der Waals surface area contributed by atoms with Crippen LogP contribution < -0.4 is 4.74 Å². The van der Waals surface area contributed by atoms with Gasteiger partial charge in [-0.15, -0.1) is 5.54 Å². The number of rotatable bonds is 10. The van der Waals surface area contributed by atoms with Crippen molar-refractivity contribution in [2.45, 2.75) is 52.2 Å². The van der Waals surface area contributed by atoms with Gasteiger partial charge < -0.3 is 19.1 Å². The highest BCUT2D eigenvalue weighted by atomic mass is 28.3. The molecular formula is C27H37NO4Si. The van der Waals surface area contributed by atoms with E-state index in [1.807, 2.05) is 59.5 Å². The van der Waals surface area contributed by atoms with E-state index in [-0.39, 0.29) is 24.7 Å². The summed E-state index contributed by atoms with van der Waals surface area (Å²) < 4.78 is 16.6. The Morgan fingerprint density at radius 1 is 1.00 bits per heavy atom. The molecule has 0 aliphatic heterocycles. The first-order valence-electron chi connectivity index (χ1n) is 11.3. The minimum absolute atomic E-state index is 0.0501. The normalized spacial score (nSPS) is 13.1. The highest BCUT2D eigenvalue weighted by Crippen LogP contribution is 2.24. The van der Waals surface area contributed by atoms with Gasteiger partial charge >= 0.3 is 0 Å². The van der Waals surface area contributed by atoms with Gasteiger partial charge in [-0.25, -0.2) is 0 Å². The minimum atomic E-state index is -1.65. The molecule has 0 aliphatic carbocycles. The highest BCUT2D eigenvalue weighted by molar-refractivity contribution is 6.83. The molecule has 2 rings (SSSR count). The molecule has 6 heteroatoms. The lowest BCUT2D eigenvalue weighted by molar-refractivity contribution is -0.0820. The topological polar surface area (TPSA) is 48.0 Å². The second-order valence-electron chi connectivity index (χ2n) is 9.39. The second kappa shape index (κ2) is 12.6. The summed E-state index contributed by atoms with van der Waals surface area (Å²) in [6.07, 6.45) is -0.470. The number of nitrogens with zero attached hydrogens (tertiary/aromatic N) is 1. The van der Waals surface area contributed by atoms with Gasteiger partial charge in [-0.2, -0.15) is 0 Å². The zero-order valence-corrected chi connectivity index (χ0v) is 21.9. The number of hydrogen-bond acceptors (Lipinski definition) is 4. The standard InChI is InChI=1S/C27H37NO4Si/c1-21(2)26(25(32-20-30-3)17-18-33(5,6)7)28(27(29)23-11-9-8-10-12-23)19-22-13-15-24(31-4)16-14-22/h8-16,21,25-26H,19-20H2,1-7H3/t25-,26-/m0/s1. The molecule has 0 fully saturated rings. The smallest absolute Gasteiger partial charge is 0.254 e. The third-order valence-electron chi connectivity index (χ3n) is 5.10. The van der Waals surface area contributed by atoms with Crippen LogP contribution in [-0.4, -0.2) is 52.0 Å². The molecule has 1 amide bonds. The molecular weight excluding hydrogens is 430 g/mol. The molecule has 178 valence electrons. The molecule has 0 N–H and O–H groups in total. The third kappa shape index (κ3) is 8.36. The summed E-state index contributed by atoms with van der Waals surface area (Å²) in [6.45, 7) is 11.3. The molecule has 0 saturated carbocycles. The zero-order chi connectivity index (χ0) is 24.4. The van der Waals surface area contributed by atoms with Crippen molar-refractivity contribution in [2.24, 2.45) is 5.92 Å². The van der Waals surface area contributed by atoms with Gasteiger partial charge in [0.1, 0.15) is 26.7 Å². The molecule has 33 heavy (non-hydrogen) atoms. The van der Waals surface area contributed by atoms with E-state index >= 15 is 0 Å². The van der Waals surface area contributed by atoms with E-state index in [0.29, 0.717) is 12.1 Å². The van der Waals surface area contributed by atoms with Crippen molar-refractivity contribution >= 4 is 14.0 Å². The SMILES string of the molecule is COCO[C@@H](C#C[Si](C)(C)C)[C@H](C(C)C)N(Cc1ccc(OC)cc1)C(=O)c1ccccc1. The van der Waals surface area contributed by atoms with E-state index in [2.05, 4.69) is 45.0 Å². The van der Waals surface area contributed by atoms with Crippen LogP contribution >= 0.6 is 0 Å². The molecule has 0 bridgehead atoms. The van der Waals surface area contributed by atoms with Gasteiger partial charge in [-0.1, -0.05) is 69.7 Å². The minimum Gasteiger partial charge on any atom is -0.497 e. The molecule has 0 heterocycles. The van der Waals surface area contributed by atoms with Gasteiger partial charge in [0, 0.05) is 19.2 Å². The van der Waals surface area contributed by atoms with E-state index in [1.165, 1.54) is 0 Å². The number of methoxy groups -OCH3 is 2. The Morgan fingerprint density at radius 3 is 2.15 bits per heavy atom. The Hall–Kier alpha value is -2.59. The predicted molar refractivity (Wildman–Crippen MR) is 136 cm³/mol. The monoisotopic (exact) mass is 467 g/mol. The molecule has 0 saturated heterocycles. The first-order valence-corrected chi connectivity index (χ1v) is 14.8. The van der Waals surface area contributed by atoms with Gasteiger partial charge in [-0.05, 0) is 35.7 Å². The molecule has 0 spiro atoms. The summed E-state index contributed by atoms with van der Waals surface area (Å²) in [5.74, 6) is 4.20. The second-order valence-corrected chi connectivity index (χ2v) is 14.1. The van der Waals surface area contributed by atoms with Gasteiger partial charge in [-0.3, -0.25) is 4.79 Å². The lowest BCUT2D eigenvalue weighted by Gasteiger charge is -2.38. The van der Waals surface area contributed by atoms with Crippen molar-refractivity contribution in [2.75, 3.05) is 21.0 Å². The fourth-order valence-electron chi connectivity index (χ4n) is 3.51. The number of benzene rings is 2. The summed E-state index contributed by atoms with van der Waals surface area (Å²) in [5.41, 5.74) is 5.08. The largest absolute Gasteiger partial charge is 0.497 e. The van der Waals surface area contributed by atoms with Crippen molar-refractivity contribution < 1.29 is 19.0 Å². The third-order valence-corrected chi connectivity index (χ3v) is 6.00. The van der Waals surface area contributed by atoms with Crippen LogP contribution in [0.15, 0.2) is 54.6 Å². The van der Waals surface area contributed by atoms with Crippen molar-refractivity contribution in [1.82, 2.24) is 4.90 Å². The summed E-state index contributed by atoms with van der Waals surface area (Å²) in [5, 5.41) is 0. The average molecular weight is 468 g/mol. The fourth-order valence-corrected chi connectivity index (χ4v) is 4.09. The van der Waals surface area contributed by atoms with Crippen LogP contribution in [-0.2, 0) is 16.0 Å². The molecule has 0 radical (unpaired) electrons. The molecule has 2 aromatic rings. The van der Waals surface area contributed by atoms with E-state index < -0.39 is 14.2 Å². The Morgan fingerprint density at radius 2 is 1.64 bits per heavy atom. The predicted octanol–water partition coefficient (Wildman–Crippen LogP) is 5.23. The van der Waals surface area contributed by atoms with Crippen molar-refractivity contribution in [3.63, 3.8) is 0 Å². The van der Waals surface area contributed by atoms with E-state index in [1.54, 1.807) is 14.2 Å². The van der Waals surface area contributed by atoms with Crippen molar-refractivity contribution in [1.29, 1.82) is 0 Å². The van der Waals surface area contributed by atoms with Crippen LogP contribution in [0.5, 0.6) is 5.75 Å². The van der Waals surface area contributed by atoms with Crippen LogP contribution in [0, 0.1) is 17.4 Å². The molecule has 5 nitrogen and oxygen atoms in total. The van der Waals surface area contributed by atoms with E-state index in [4.69, 9.17) is 14.2 Å². The molecule has 0 aliphatic rings. The number of amides is 1. The summed E-state index contributed by atoms with van der Waals surface area (Å²) in [7, 11) is 1.59. The van der Waals surface area contributed by atoms with Crippen LogP contribution in [0.4, 0.5) is 0 Å². The molecule has 2 aromatic carbocycles. The molecule has 0 aromatic heterocycles. The fraction of sp³-hybridized carbons (Fsp3) is 0.444. The maximum Gasteiger partial charge on any atom is 0.254 e. The van der Waals surface area contributed by atoms with Crippen LogP contribution in [0.2, 0.25) is 19.6 Å². The van der Waals surface area contributed by atoms with Crippen molar-refractivity contribution in [3.05, 3.63) is 65.7 Å². The summed E-state index contributed by atoms with van der Waals surface area (Å²) >= 11 is 0. The van der Waals surface area contributed by atoms with E-state index in [9.17, 15) is 4.79 Å². The summed E-state index contributed by atoms with van der Waals surface area (Å²) in [4.78, 5) is 15.7. The maximum atomic E-state index is 13.8. The summed E-state index contributed by atoms with van der Waals surface area (Å²) in [6, 6.07) is 16.9. The van der Waals surface area contributed by atoms with Crippen molar-refractivity contribution in [3.8, 4) is 17.2 Å². The Kier molecular flexibility index (Phi) is 10.2. The van der Waals surface area contributed by atoms with Crippen LogP contribution in [0.25, 0.3) is 0 Å². The Bertz CT molecular complexity index is 927. The van der Waals surface area contributed by atoms with Crippen LogP contribution in [0.1, 0.15) is 29.8 Å². The van der Waals surface area contributed by atoms with E-state index in [0.717, 1.165) is 11.3 Å². The first-order chi connectivity index (χ1) is 15.7. The van der Waals surface area contributed by atoms with Gasteiger partial charge in [0.15, 0.2) is 0 Å². The lowest BCUT2D eigenvalue weighted by atomic mass is 9.95. The maximum absolute atomic E-state index is 13.8. The zero-order valence-electron chi connectivity index (χ0n) is 20.9. The lowest BCUT2D eigenvalue weighted by Crippen LogP contribution is -2.50. The highest BCUT2D eigenvalue weighted by Gasteiger charge is 2.34. The number of carbonyl (C=O) groups excluding carboxylic acids is 1. The van der Waals surface area contributed by atoms with Gasteiger partial charge in [0.05, 0.1) is 13.2 Å². The molecule has 0 unspecified atom stereocenters. The Labute approximate surface area is 200 Å².